The molecule has 0 heterocycles. The molecule has 0 saturated heterocycles. The Balaban J connectivity index is 2.98. The molecule has 1 aromatic rings. The van der Waals surface area contributed by atoms with Crippen LogP contribution < -0.4 is 10.5 Å². The molecule has 20 heavy (non-hydrogen) atoms. The van der Waals surface area contributed by atoms with Gasteiger partial charge in [0.2, 0.25) is 10.0 Å². The molecular weight excluding hydrogens is 276 g/mol. The maximum Gasteiger partial charge on any atom is 0.251 e. The van der Waals surface area contributed by atoms with Crippen LogP contribution in [0.4, 0.5) is 0 Å². The summed E-state index contributed by atoms with van der Waals surface area (Å²) in [5, 5.41) is 7.96. The Kier molecular flexibility index (Phi) is 5.30. The lowest BCUT2D eigenvalue weighted by molar-refractivity contribution is 0.0935. The second-order valence-corrected chi connectivity index (χ2v) is 7.09. The molecule has 0 aromatic heterocycles. The van der Waals surface area contributed by atoms with Gasteiger partial charge in [0, 0.05) is 11.6 Å². The van der Waals surface area contributed by atoms with Crippen molar-refractivity contribution in [1.82, 2.24) is 5.32 Å². The average molecular weight is 298 g/mol. The lowest BCUT2D eigenvalue weighted by Crippen LogP contribution is -2.34. The van der Waals surface area contributed by atoms with Crippen molar-refractivity contribution in [2.45, 2.75) is 45.1 Å². The molecule has 0 bridgehead atoms. The highest BCUT2D eigenvalue weighted by molar-refractivity contribution is 7.89. The van der Waals surface area contributed by atoms with Crippen molar-refractivity contribution in [2.24, 2.45) is 11.1 Å². The number of primary sulfonamides is 1. The Morgan fingerprint density at radius 3 is 2.40 bits per heavy atom. The number of benzene rings is 1. The van der Waals surface area contributed by atoms with Crippen LogP contribution in [0.1, 0.15) is 43.1 Å². The molecule has 1 amide bonds. The number of sulfonamides is 1. The average Bonchev–Trinajstić information content (AvgIpc) is 2.26. The van der Waals surface area contributed by atoms with Crippen molar-refractivity contribution in [3.63, 3.8) is 0 Å². The molecule has 0 aliphatic rings. The standard InChI is InChI=1S/C14H22N2O3S/c1-9(2)7-11(4)16-14(17)13-8-12(20(15,18)19)6-5-10(13)3/h5-6,8-9,11H,7H2,1-4H3,(H,16,17)(H2,15,18,19). The van der Waals surface area contributed by atoms with Gasteiger partial charge in [-0.15, -0.1) is 0 Å². The molecular formula is C14H22N2O3S. The minimum Gasteiger partial charge on any atom is -0.350 e. The molecule has 0 aliphatic heterocycles. The van der Waals surface area contributed by atoms with E-state index in [9.17, 15) is 13.2 Å². The summed E-state index contributed by atoms with van der Waals surface area (Å²) in [7, 11) is -3.80. The maximum absolute atomic E-state index is 12.2. The molecule has 1 atom stereocenters. The normalized spacial score (nSPS) is 13.3. The third kappa shape index (κ3) is 4.61. The summed E-state index contributed by atoms with van der Waals surface area (Å²) >= 11 is 0. The molecule has 1 unspecified atom stereocenters. The topological polar surface area (TPSA) is 89.3 Å². The van der Waals surface area contributed by atoms with Gasteiger partial charge in [-0.3, -0.25) is 4.79 Å². The van der Waals surface area contributed by atoms with Crippen molar-refractivity contribution in [3.05, 3.63) is 29.3 Å². The highest BCUT2D eigenvalue weighted by atomic mass is 32.2. The zero-order chi connectivity index (χ0) is 15.5. The second-order valence-electron chi connectivity index (χ2n) is 5.53. The number of hydrogen-bond acceptors (Lipinski definition) is 3. The first kappa shape index (κ1) is 16.7. The van der Waals surface area contributed by atoms with Crippen molar-refractivity contribution in [3.8, 4) is 0 Å². The van der Waals surface area contributed by atoms with Crippen LogP contribution >= 0.6 is 0 Å². The lowest BCUT2D eigenvalue weighted by Gasteiger charge is -2.17. The van der Waals surface area contributed by atoms with Crippen LogP contribution in [0.5, 0.6) is 0 Å². The Morgan fingerprint density at radius 1 is 1.30 bits per heavy atom. The maximum atomic E-state index is 12.2. The van der Waals surface area contributed by atoms with Crippen LogP contribution in [0.25, 0.3) is 0 Å². The minimum absolute atomic E-state index is 0.0278. The molecule has 1 rings (SSSR count). The predicted octanol–water partition coefficient (Wildman–Crippen LogP) is 1.81. The summed E-state index contributed by atoms with van der Waals surface area (Å²) in [5.74, 6) is 0.198. The monoisotopic (exact) mass is 298 g/mol. The molecule has 1 aromatic carbocycles. The van der Waals surface area contributed by atoms with E-state index in [0.29, 0.717) is 17.0 Å². The van der Waals surface area contributed by atoms with E-state index in [2.05, 4.69) is 19.2 Å². The van der Waals surface area contributed by atoms with E-state index in [1.54, 1.807) is 13.0 Å². The van der Waals surface area contributed by atoms with Gasteiger partial charge in [-0.1, -0.05) is 19.9 Å². The van der Waals surface area contributed by atoms with Gasteiger partial charge in [-0.05, 0) is 43.9 Å². The minimum atomic E-state index is -3.80. The zero-order valence-corrected chi connectivity index (χ0v) is 13.1. The highest BCUT2D eigenvalue weighted by Gasteiger charge is 2.16. The van der Waals surface area contributed by atoms with Crippen molar-refractivity contribution < 1.29 is 13.2 Å². The molecule has 0 saturated carbocycles. The molecule has 0 radical (unpaired) electrons. The number of nitrogens with two attached hydrogens (primary N) is 1. The Bertz CT molecular complexity index is 594. The first-order chi connectivity index (χ1) is 9.11. The predicted molar refractivity (Wildman–Crippen MR) is 78.9 cm³/mol. The molecule has 0 aliphatic carbocycles. The number of hydrogen-bond donors (Lipinski definition) is 2. The smallest absolute Gasteiger partial charge is 0.251 e. The summed E-state index contributed by atoms with van der Waals surface area (Å²) in [4.78, 5) is 12.1. The molecule has 5 nitrogen and oxygen atoms in total. The summed E-state index contributed by atoms with van der Waals surface area (Å²) in [6.45, 7) is 7.84. The first-order valence-corrected chi connectivity index (χ1v) is 8.10. The van der Waals surface area contributed by atoms with Crippen LogP contribution in [0.15, 0.2) is 23.1 Å². The van der Waals surface area contributed by atoms with Crippen molar-refractivity contribution in [1.29, 1.82) is 0 Å². The fraction of sp³-hybridized carbons (Fsp3) is 0.500. The number of rotatable bonds is 5. The number of amides is 1. The van der Waals surface area contributed by atoms with Gasteiger partial charge in [0.05, 0.1) is 4.90 Å². The zero-order valence-electron chi connectivity index (χ0n) is 12.3. The summed E-state index contributed by atoms with van der Waals surface area (Å²) in [5.41, 5.74) is 1.05. The first-order valence-electron chi connectivity index (χ1n) is 6.55. The van der Waals surface area contributed by atoms with Crippen molar-refractivity contribution >= 4 is 15.9 Å². The molecule has 0 fully saturated rings. The van der Waals surface area contributed by atoms with Crippen LogP contribution in [0, 0.1) is 12.8 Å². The van der Waals surface area contributed by atoms with Crippen LogP contribution in [-0.2, 0) is 10.0 Å². The summed E-state index contributed by atoms with van der Waals surface area (Å²) in [6.07, 6.45) is 0.861. The van der Waals surface area contributed by atoms with Gasteiger partial charge in [0.15, 0.2) is 0 Å². The molecule has 112 valence electrons. The van der Waals surface area contributed by atoms with E-state index in [1.807, 2.05) is 6.92 Å². The van der Waals surface area contributed by atoms with Gasteiger partial charge in [-0.2, -0.15) is 0 Å². The molecule has 3 N–H and O–H groups in total. The van der Waals surface area contributed by atoms with Crippen LogP contribution in [0.3, 0.4) is 0 Å². The number of carbonyl (C=O) groups is 1. The number of aryl methyl sites for hydroxylation is 1. The van der Waals surface area contributed by atoms with E-state index in [1.165, 1.54) is 12.1 Å². The lowest BCUT2D eigenvalue weighted by atomic mass is 10.0. The van der Waals surface area contributed by atoms with E-state index in [-0.39, 0.29) is 16.8 Å². The third-order valence-corrected chi connectivity index (χ3v) is 3.90. The molecule has 0 spiro atoms. The van der Waals surface area contributed by atoms with Gasteiger partial charge >= 0.3 is 0 Å². The number of nitrogens with one attached hydrogen (secondary N) is 1. The van der Waals surface area contributed by atoms with Gasteiger partial charge < -0.3 is 5.32 Å². The second kappa shape index (κ2) is 6.37. The third-order valence-electron chi connectivity index (χ3n) is 2.98. The van der Waals surface area contributed by atoms with Crippen molar-refractivity contribution in [2.75, 3.05) is 0 Å². The van der Waals surface area contributed by atoms with Gasteiger partial charge in [-0.25, -0.2) is 13.6 Å². The van der Waals surface area contributed by atoms with E-state index in [0.717, 1.165) is 6.42 Å². The Morgan fingerprint density at radius 2 is 1.90 bits per heavy atom. The quantitative estimate of drug-likeness (QED) is 0.868. The van der Waals surface area contributed by atoms with Gasteiger partial charge in [0.25, 0.3) is 5.91 Å². The van der Waals surface area contributed by atoms with Crippen LogP contribution in [-0.4, -0.2) is 20.4 Å². The van der Waals surface area contributed by atoms with Crippen LogP contribution in [0.2, 0.25) is 0 Å². The molecule has 6 heteroatoms. The fourth-order valence-electron chi connectivity index (χ4n) is 2.09. The Hall–Kier alpha value is -1.40. The van der Waals surface area contributed by atoms with E-state index < -0.39 is 10.0 Å². The fourth-order valence-corrected chi connectivity index (χ4v) is 2.63. The van der Waals surface area contributed by atoms with E-state index >= 15 is 0 Å². The Labute approximate surface area is 120 Å². The van der Waals surface area contributed by atoms with Gasteiger partial charge in [0.1, 0.15) is 0 Å². The summed E-state index contributed by atoms with van der Waals surface area (Å²) in [6, 6.07) is 4.34. The highest BCUT2D eigenvalue weighted by Crippen LogP contribution is 2.15. The largest absolute Gasteiger partial charge is 0.350 e. The summed E-state index contributed by atoms with van der Waals surface area (Å²) < 4.78 is 22.7. The SMILES string of the molecule is Cc1ccc(S(N)(=O)=O)cc1C(=O)NC(C)CC(C)C. The van der Waals surface area contributed by atoms with E-state index in [4.69, 9.17) is 5.14 Å². The number of carbonyl (C=O) groups excluding carboxylic acids is 1.